The molecular formula is C9H13NO2. The topological polar surface area (TPSA) is 66.5 Å². The van der Waals surface area contributed by atoms with Gasteiger partial charge in [-0.25, -0.2) is 0 Å². The summed E-state index contributed by atoms with van der Waals surface area (Å²) in [4.78, 5) is 0. The molecule has 1 rings (SSSR count). The highest BCUT2D eigenvalue weighted by molar-refractivity contribution is 5.45. The molecule has 0 aliphatic carbocycles. The van der Waals surface area contributed by atoms with Gasteiger partial charge in [0.05, 0.1) is 0 Å². The van der Waals surface area contributed by atoms with E-state index < -0.39 is 0 Å². The van der Waals surface area contributed by atoms with Crippen LogP contribution < -0.4 is 5.73 Å². The second-order valence-corrected chi connectivity index (χ2v) is 2.81. The Morgan fingerprint density at radius 3 is 2.42 bits per heavy atom. The summed E-state index contributed by atoms with van der Waals surface area (Å²) in [5.74, 6) is -0.155. The standard InChI is InChI=1S/C9H13NO2/c1-6-4-8(11)9(12)5-7(6)2-3-10/h4-5,11-12H,2-3,10H2,1H3. The number of hydrogen-bond donors (Lipinski definition) is 3. The van der Waals surface area contributed by atoms with Crippen molar-refractivity contribution in [1.29, 1.82) is 0 Å². The van der Waals surface area contributed by atoms with E-state index in [9.17, 15) is 0 Å². The van der Waals surface area contributed by atoms with E-state index in [2.05, 4.69) is 0 Å². The lowest BCUT2D eigenvalue weighted by Gasteiger charge is -2.06. The molecule has 66 valence electrons. The molecule has 0 atom stereocenters. The van der Waals surface area contributed by atoms with Gasteiger partial charge in [0.25, 0.3) is 0 Å². The number of phenolic OH excluding ortho intramolecular Hbond substituents is 2. The van der Waals surface area contributed by atoms with Gasteiger partial charge in [0.15, 0.2) is 11.5 Å². The highest BCUT2D eigenvalue weighted by atomic mass is 16.3. The van der Waals surface area contributed by atoms with Crippen molar-refractivity contribution in [2.24, 2.45) is 5.73 Å². The molecule has 4 N–H and O–H groups in total. The molecule has 0 heterocycles. The molecule has 0 fully saturated rings. The Morgan fingerprint density at radius 1 is 1.25 bits per heavy atom. The second kappa shape index (κ2) is 3.45. The predicted octanol–water partition coefficient (Wildman–Crippen LogP) is 0.907. The quantitative estimate of drug-likeness (QED) is 0.573. The van der Waals surface area contributed by atoms with Crippen LogP contribution in [-0.4, -0.2) is 16.8 Å². The zero-order valence-corrected chi connectivity index (χ0v) is 7.04. The molecule has 3 heteroatoms. The molecule has 0 unspecified atom stereocenters. The third kappa shape index (κ3) is 1.68. The molecule has 0 bridgehead atoms. The van der Waals surface area contributed by atoms with E-state index in [1.165, 1.54) is 0 Å². The summed E-state index contributed by atoms with van der Waals surface area (Å²) in [6.45, 7) is 2.43. The summed E-state index contributed by atoms with van der Waals surface area (Å²) in [7, 11) is 0. The van der Waals surface area contributed by atoms with Crippen molar-refractivity contribution in [3.05, 3.63) is 23.3 Å². The van der Waals surface area contributed by atoms with Crippen molar-refractivity contribution in [1.82, 2.24) is 0 Å². The fraction of sp³-hybridized carbons (Fsp3) is 0.333. The normalized spacial score (nSPS) is 10.2. The monoisotopic (exact) mass is 167 g/mol. The first-order valence-electron chi connectivity index (χ1n) is 3.86. The maximum atomic E-state index is 9.16. The van der Waals surface area contributed by atoms with Crippen LogP contribution in [0.2, 0.25) is 0 Å². The van der Waals surface area contributed by atoms with Crippen LogP contribution in [0, 0.1) is 6.92 Å². The average Bonchev–Trinajstić information content (AvgIpc) is 2.01. The van der Waals surface area contributed by atoms with Crippen molar-refractivity contribution in [3.8, 4) is 11.5 Å². The summed E-state index contributed by atoms with van der Waals surface area (Å²) >= 11 is 0. The lowest BCUT2D eigenvalue weighted by Crippen LogP contribution is -2.03. The molecule has 0 saturated heterocycles. The zero-order valence-electron chi connectivity index (χ0n) is 7.04. The van der Waals surface area contributed by atoms with Gasteiger partial charge >= 0.3 is 0 Å². The van der Waals surface area contributed by atoms with Crippen LogP contribution in [0.25, 0.3) is 0 Å². The summed E-state index contributed by atoms with van der Waals surface area (Å²) < 4.78 is 0. The van der Waals surface area contributed by atoms with E-state index in [1.807, 2.05) is 6.92 Å². The largest absolute Gasteiger partial charge is 0.504 e. The fourth-order valence-electron chi connectivity index (χ4n) is 1.15. The van der Waals surface area contributed by atoms with Crippen molar-refractivity contribution >= 4 is 0 Å². The van der Waals surface area contributed by atoms with E-state index in [4.69, 9.17) is 15.9 Å². The van der Waals surface area contributed by atoms with Crippen molar-refractivity contribution < 1.29 is 10.2 Å². The number of aromatic hydroxyl groups is 2. The van der Waals surface area contributed by atoms with E-state index in [-0.39, 0.29) is 11.5 Å². The molecule has 0 spiro atoms. The number of nitrogens with two attached hydrogens (primary N) is 1. The molecule has 0 saturated carbocycles. The molecule has 12 heavy (non-hydrogen) atoms. The Kier molecular flexibility index (Phi) is 2.55. The van der Waals surface area contributed by atoms with Gasteiger partial charge in [0.1, 0.15) is 0 Å². The number of benzene rings is 1. The molecule has 0 amide bonds. The number of phenols is 2. The molecule has 0 radical (unpaired) electrons. The van der Waals surface area contributed by atoms with Crippen LogP contribution in [0.1, 0.15) is 11.1 Å². The molecule has 1 aromatic carbocycles. The highest BCUT2D eigenvalue weighted by Crippen LogP contribution is 2.27. The van der Waals surface area contributed by atoms with Crippen LogP contribution in [0.4, 0.5) is 0 Å². The molecule has 0 aliphatic heterocycles. The van der Waals surface area contributed by atoms with Gasteiger partial charge in [-0.1, -0.05) is 0 Å². The number of hydrogen-bond acceptors (Lipinski definition) is 3. The lowest BCUT2D eigenvalue weighted by atomic mass is 10.1. The van der Waals surface area contributed by atoms with Gasteiger partial charge in [-0.2, -0.15) is 0 Å². The fourth-order valence-corrected chi connectivity index (χ4v) is 1.15. The maximum absolute atomic E-state index is 9.16. The minimum Gasteiger partial charge on any atom is -0.504 e. The highest BCUT2D eigenvalue weighted by Gasteiger charge is 2.03. The SMILES string of the molecule is Cc1cc(O)c(O)cc1CCN. The van der Waals surface area contributed by atoms with Crippen LogP contribution in [-0.2, 0) is 6.42 Å². The Morgan fingerprint density at radius 2 is 1.83 bits per heavy atom. The molecule has 0 aliphatic rings. The van der Waals surface area contributed by atoms with Crippen LogP contribution in [0.15, 0.2) is 12.1 Å². The van der Waals surface area contributed by atoms with E-state index in [0.717, 1.165) is 17.5 Å². The molecular weight excluding hydrogens is 154 g/mol. The number of rotatable bonds is 2. The second-order valence-electron chi connectivity index (χ2n) is 2.81. The van der Waals surface area contributed by atoms with E-state index >= 15 is 0 Å². The molecule has 3 nitrogen and oxygen atoms in total. The third-order valence-corrected chi connectivity index (χ3v) is 1.85. The smallest absolute Gasteiger partial charge is 0.157 e. The summed E-state index contributed by atoms with van der Waals surface area (Å²) in [6.07, 6.45) is 0.722. The first-order chi connectivity index (χ1) is 5.65. The lowest BCUT2D eigenvalue weighted by molar-refractivity contribution is 0.402. The summed E-state index contributed by atoms with van der Waals surface area (Å²) in [5.41, 5.74) is 7.31. The summed E-state index contributed by atoms with van der Waals surface area (Å²) in [6, 6.07) is 3.10. The van der Waals surface area contributed by atoms with Gasteiger partial charge in [-0.05, 0) is 43.1 Å². The van der Waals surface area contributed by atoms with Crippen LogP contribution in [0.3, 0.4) is 0 Å². The Hall–Kier alpha value is -1.22. The van der Waals surface area contributed by atoms with Crippen LogP contribution in [0.5, 0.6) is 11.5 Å². The van der Waals surface area contributed by atoms with Gasteiger partial charge < -0.3 is 15.9 Å². The Labute approximate surface area is 71.5 Å². The Bertz CT molecular complexity index is 284. The van der Waals surface area contributed by atoms with Crippen LogP contribution >= 0.6 is 0 Å². The average molecular weight is 167 g/mol. The first kappa shape index (κ1) is 8.87. The van der Waals surface area contributed by atoms with E-state index in [0.29, 0.717) is 6.54 Å². The zero-order chi connectivity index (χ0) is 9.14. The van der Waals surface area contributed by atoms with E-state index in [1.54, 1.807) is 12.1 Å². The predicted molar refractivity (Wildman–Crippen MR) is 47.3 cm³/mol. The number of aryl methyl sites for hydroxylation is 1. The van der Waals surface area contributed by atoms with Crippen molar-refractivity contribution in [2.45, 2.75) is 13.3 Å². The Balaban J connectivity index is 3.05. The van der Waals surface area contributed by atoms with Crippen molar-refractivity contribution in [2.75, 3.05) is 6.54 Å². The van der Waals surface area contributed by atoms with Gasteiger partial charge in [0, 0.05) is 0 Å². The maximum Gasteiger partial charge on any atom is 0.157 e. The van der Waals surface area contributed by atoms with Gasteiger partial charge in [-0.15, -0.1) is 0 Å². The minimum atomic E-state index is -0.0796. The third-order valence-electron chi connectivity index (χ3n) is 1.85. The molecule has 0 aromatic heterocycles. The molecule has 1 aromatic rings. The van der Waals surface area contributed by atoms with Gasteiger partial charge in [-0.3, -0.25) is 0 Å². The first-order valence-corrected chi connectivity index (χ1v) is 3.86. The van der Waals surface area contributed by atoms with Gasteiger partial charge in [0.2, 0.25) is 0 Å². The van der Waals surface area contributed by atoms with Crippen molar-refractivity contribution in [3.63, 3.8) is 0 Å². The summed E-state index contributed by atoms with van der Waals surface area (Å²) in [5, 5.41) is 18.3. The minimum absolute atomic E-state index is 0.0757.